The van der Waals surface area contributed by atoms with Crippen LogP contribution in [0.25, 0.3) is 0 Å². The molecule has 5 unspecified atom stereocenters. The lowest BCUT2D eigenvalue weighted by molar-refractivity contribution is -0.294. The molecule has 1 rings (SSSR count). The van der Waals surface area contributed by atoms with E-state index >= 15 is 0 Å². The second-order valence-electron chi connectivity index (χ2n) is 5.68. The van der Waals surface area contributed by atoms with Gasteiger partial charge in [0.05, 0.1) is 0 Å². The van der Waals surface area contributed by atoms with Gasteiger partial charge in [0.2, 0.25) is 12.4 Å². The minimum absolute atomic E-state index is 0.185. The predicted molar refractivity (Wildman–Crippen MR) is 88.2 cm³/mol. The van der Waals surface area contributed by atoms with Crippen molar-refractivity contribution in [1.82, 2.24) is 0 Å². The monoisotopic (exact) mass is 402 g/mol. The minimum atomic E-state index is -1.63. The predicted octanol–water partition coefficient (Wildman–Crippen LogP) is -0.201. The van der Waals surface area contributed by atoms with Gasteiger partial charge in [-0.05, 0) is 0 Å². The lowest BCUT2D eigenvalue weighted by Crippen LogP contribution is -2.64. The summed E-state index contributed by atoms with van der Waals surface area (Å²) in [7, 11) is 0. The van der Waals surface area contributed by atoms with Crippen molar-refractivity contribution in [2.24, 2.45) is 0 Å². The highest BCUT2D eigenvalue weighted by Gasteiger charge is 2.56. The molecule has 11 heteroatoms. The van der Waals surface area contributed by atoms with Crippen molar-refractivity contribution in [3.63, 3.8) is 0 Å². The molecule has 0 N–H and O–H groups in total. The average molecular weight is 402 g/mol. The molecule has 0 radical (unpaired) electrons. The first-order chi connectivity index (χ1) is 13.1. The van der Waals surface area contributed by atoms with Crippen LogP contribution in [0.2, 0.25) is 0 Å². The number of rotatable bonds is 7. The van der Waals surface area contributed by atoms with Gasteiger partial charge in [-0.15, -0.1) is 0 Å². The SMILES string of the molecule is C=CCOC(=O)C1OC(OC(C)=O)C(OC(C)=O)C(OC(C)=O)C1OC(C)=O. The number of ether oxygens (including phenoxy) is 6. The molecular formula is C17H22O11. The topological polar surface area (TPSA) is 141 Å². The summed E-state index contributed by atoms with van der Waals surface area (Å²) in [6.45, 7) is 7.43. The summed E-state index contributed by atoms with van der Waals surface area (Å²) < 4.78 is 30.5. The molecule has 0 saturated carbocycles. The Bertz CT molecular complexity index is 641. The first kappa shape index (κ1) is 23.1. The van der Waals surface area contributed by atoms with Gasteiger partial charge in [-0.3, -0.25) is 19.2 Å². The Kier molecular flexibility index (Phi) is 8.58. The summed E-state index contributed by atoms with van der Waals surface area (Å²) in [6, 6.07) is 0. The van der Waals surface area contributed by atoms with Crippen LogP contribution < -0.4 is 0 Å². The molecule has 1 saturated heterocycles. The third-order valence-corrected chi connectivity index (χ3v) is 3.26. The van der Waals surface area contributed by atoms with E-state index in [-0.39, 0.29) is 6.61 Å². The minimum Gasteiger partial charge on any atom is -0.459 e. The summed E-state index contributed by atoms with van der Waals surface area (Å²) in [6.07, 6.45) is -6.52. The highest BCUT2D eigenvalue weighted by molar-refractivity contribution is 5.77. The molecular weight excluding hydrogens is 380 g/mol. The maximum absolute atomic E-state index is 12.4. The van der Waals surface area contributed by atoms with Crippen LogP contribution in [0.5, 0.6) is 0 Å². The van der Waals surface area contributed by atoms with Crippen LogP contribution in [0.4, 0.5) is 0 Å². The molecule has 1 aliphatic rings. The number of esters is 5. The van der Waals surface area contributed by atoms with Crippen LogP contribution in [0.3, 0.4) is 0 Å². The Morgan fingerprint density at radius 2 is 1.25 bits per heavy atom. The number of hydrogen-bond donors (Lipinski definition) is 0. The number of carbonyl (C=O) groups excluding carboxylic acids is 5. The van der Waals surface area contributed by atoms with Gasteiger partial charge in [0, 0.05) is 27.7 Å². The van der Waals surface area contributed by atoms with Gasteiger partial charge in [0.1, 0.15) is 6.61 Å². The molecule has 1 fully saturated rings. The fourth-order valence-corrected chi connectivity index (χ4v) is 2.45. The molecule has 0 aromatic rings. The first-order valence-electron chi connectivity index (χ1n) is 8.18. The van der Waals surface area contributed by atoms with Crippen molar-refractivity contribution in [3.05, 3.63) is 12.7 Å². The first-order valence-corrected chi connectivity index (χ1v) is 8.18. The quantitative estimate of drug-likeness (QED) is 0.317. The highest BCUT2D eigenvalue weighted by Crippen LogP contribution is 2.30. The molecule has 5 atom stereocenters. The molecule has 1 heterocycles. The van der Waals surface area contributed by atoms with Crippen molar-refractivity contribution in [2.75, 3.05) is 6.61 Å². The zero-order valence-corrected chi connectivity index (χ0v) is 15.9. The zero-order valence-electron chi connectivity index (χ0n) is 15.9. The van der Waals surface area contributed by atoms with Crippen LogP contribution in [-0.4, -0.2) is 67.2 Å². The van der Waals surface area contributed by atoms with E-state index in [4.69, 9.17) is 28.4 Å². The van der Waals surface area contributed by atoms with Gasteiger partial charge >= 0.3 is 29.8 Å². The van der Waals surface area contributed by atoms with Crippen LogP contribution in [0, 0.1) is 0 Å². The van der Waals surface area contributed by atoms with Crippen molar-refractivity contribution >= 4 is 29.8 Å². The van der Waals surface area contributed by atoms with E-state index in [9.17, 15) is 24.0 Å². The Labute approximate surface area is 160 Å². The largest absolute Gasteiger partial charge is 0.459 e. The molecule has 0 bridgehead atoms. The normalized spacial score (nSPS) is 26.4. The van der Waals surface area contributed by atoms with Crippen LogP contribution >= 0.6 is 0 Å². The molecule has 0 amide bonds. The van der Waals surface area contributed by atoms with E-state index in [0.717, 1.165) is 27.7 Å². The average Bonchev–Trinajstić information content (AvgIpc) is 2.55. The molecule has 1 aliphatic heterocycles. The van der Waals surface area contributed by atoms with Crippen LogP contribution in [0.1, 0.15) is 27.7 Å². The second kappa shape index (κ2) is 10.4. The highest BCUT2D eigenvalue weighted by atomic mass is 16.7. The van der Waals surface area contributed by atoms with Gasteiger partial charge in [-0.1, -0.05) is 12.7 Å². The maximum atomic E-state index is 12.4. The summed E-state index contributed by atoms with van der Waals surface area (Å²) >= 11 is 0. The van der Waals surface area contributed by atoms with Crippen molar-refractivity contribution in [2.45, 2.75) is 58.4 Å². The fraction of sp³-hybridized carbons (Fsp3) is 0.588. The molecule has 28 heavy (non-hydrogen) atoms. The van der Waals surface area contributed by atoms with Crippen molar-refractivity contribution < 1.29 is 52.4 Å². The summed E-state index contributed by atoms with van der Waals surface area (Å²) in [4.78, 5) is 58.4. The van der Waals surface area contributed by atoms with E-state index < -0.39 is 60.6 Å². The van der Waals surface area contributed by atoms with Gasteiger partial charge in [0.15, 0.2) is 18.3 Å². The summed E-state index contributed by atoms with van der Waals surface area (Å²) in [5.41, 5.74) is 0. The summed E-state index contributed by atoms with van der Waals surface area (Å²) in [5, 5.41) is 0. The van der Waals surface area contributed by atoms with E-state index in [1.165, 1.54) is 6.08 Å². The van der Waals surface area contributed by atoms with Gasteiger partial charge in [0.25, 0.3) is 0 Å². The third kappa shape index (κ3) is 6.65. The Hall–Kier alpha value is -2.95. The lowest BCUT2D eigenvalue weighted by atomic mass is 9.97. The standard InChI is InChI=1S/C17H22O11/c1-6-7-23-16(22)14-12(24-8(2)18)13(25-9(3)19)15(26-10(4)20)17(28-14)27-11(5)21/h6,12-15,17H,1,7H2,2-5H3. The second-order valence-corrected chi connectivity index (χ2v) is 5.68. The van der Waals surface area contributed by atoms with E-state index in [1.807, 2.05) is 0 Å². The molecule has 0 aromatic carbocycles. The molecule has 0 aliphatic carbocycles. The fourth-order valence-electron chi connectivity index (χ4n) is 2.45. The number of hydrogen-bond acceptors (Lipinski definition) is 11. The Morgan fingerprint density at radius 3 is 1.71 bits per heavy atom. The van der Waals surface area contributed by atoms with Crippen molar-refractivity contribution in [3.8, 4) is 0 Å². The van der Waals surface area contributed by atoms with Crippen molar-refractivity contribution in [1.29, 1.82) is 0 Å². The Balaban J connectivity index is 3.37. The van der Waals surface area contributed by atoms with Gasteiger partial charge < -0.3 is 28.4 Å². The van der Waals surface area contributed by atoms with E-state index in [2.05, 4.69) is 6.58 Å². The number of carbonyl (C=O) groups is 5. The summed E-state index contributed by atoms with van der Waals surface area (Å²) in [5.74, 6) is -4.31. The van der Waals surface area contributed by atoms with E-state index in [1.54, 1.807) is 0 Å². The lowest BCUT2D eigenvalue weighted by Gasteiger charge is -2.42. The molecule has 0 aromatic heterocycles. The van der Waals surface area contributed by atoms with E-state index in [0.29, 0.717) is 0 Å². The zero-order chi connectivity index (χ0) is 21.4. The van der Waals surface area contributed by atoms with Crippen LogP contribution in [-0.2, 0) is 52.4 Å². The smallest absolute Gasteiger partial charge is 0.339 e. The van der Waals surface area contributed by atoms with Gasteiger partial charge in [-0.2, -0.15) is 0 Å². The Morgan fingerprint density at radius 1 is 0.786 bits per heavy atom. The molecule has 156 valence electrons. The van der Waals surface area contributed by atoms with Crippen LogP contribution in [0.15, 0.2) is 12.7 Å². The maximum Gasteiger partial charge on any atom is 0.339 e. The van der Waals surface area contributed by atoms with Gasteiger partial charge in [-0.25, -0.2) is 4.79 Å². The molecule has 11 nitrogen and oxygen atoms in total. The molecule has 0 spiro atoms. The third-order valence-electron chi connectivity index (χ3n) is 3.26.